The number of fused-ring (bicyclic) bond motifs is 1. The van der Waals surface area contributed by atoms with Crippen LogP contribution in [-0.4, -0.2) is 65.9 Å². The molecule has 162 valence electrons. The highest BCUT2D eigenvalue weighted by molar-refractivity contribution is 5.98. The number of hydrogen-bond donors (Lipinski definition) is 2. The van der Waals surface area contributed by atoms with E-state index in [1.54, 1.807) is 0 Å². The molecule has 0 bridgehead atoms. The molecule has 0 fully saturated rings. The number of benzene rings is 1. The van der Waals surface area contributed by atoms with Gasteiger partial charge < -0.3 is 20.4 Å². The zero-order valence-corrected chi connectivity index (χ0v) is 18.9. The highest BCUT2D eigenvalue weighted by atomic mass is 16.2. The van der Waals surface area contributed by atoms with Crippen molar-refractivity contribution in [3.05, 3.63) is 46.1 Å². The predicted octanol–water partition coefficient (Wildman–Crippen LogP) is 3.09. The van der Waals surface area contributed by atoms with E-state index in [9.17, 15) is 4.79 Å². The third kappa shape index (κ3) is 5.27. The third-order valence-corrected chi connectivity index (χ3v) is 5.46. The molecule has 0 atom stereocenters. The molecule has 2 heterocycles. The normalized spacial score (nSPS) is 13.1. The number of hydrogen-bond acceptors (Lipinski definition) is 6. The summed E-state index contributed by atoms with van der Waals surface area (Å²) in [6, 6.07) is 6.58. The largest absolute Gasteiger partial charge is 0.369 e. The second kappa shape index (κ2) is 9.89. The van der Waals surface area contributed by atoms with E-state index in [0.29, 0.717) is 18.2 Å². The second-order valence-corrected chi connectivity index (χ2v) is 8.28. The van der Waals surface area contributed by atoms with Gasteiger partial charge in [-0.15, -0.1) is 0 Å². The number of anilines is 2. The topological polar surface area (TPSA) is 73.4 Å². The summed E-state index contributed by atoms with van der Waals surface area (Å²) < 4.78 is 0. The minimum absolute atomic E-state index is 0.00196. The van der Waals surface area contributed by atoms with Gasteiger partial charge in [0.1, 0.15) is 11.5 Å². The zero-order chi connectivity index (χ0) is 21.7. The number of rotatable bonds is 10. The Morgan fingerprint density at radius 3 is 2.60 bits per heavy atom. The van der Waals surface area contributed by atoms with Crippen LogP contribution in [0.25, 0.3) is 0 Å². The first kappa shape index (κ1) is 22.0. The zero-order valence-electron chi connectivity index (χ0n) is 18.9. The van der Waals surface area contributed by atoms with Crippen LogP contribution in [0.2, 0.25) is 0 Å². The number of carbonyl (C=O) groups is 1. The molecule has 0 spiro atoms. The maximum atomic E-state index is 12.8. The Morgan fingerprint density at radius 2 is 1.90 bits per heavy atom. The smallest absolute Gasteiger partial charge is 0.273 e. The molecular formula is C23H34N6O. The lowest BCUT2D eigenvalue weighted by Gasteiger charge is -2.14. The third-order valence-electron chi connectivity index (χ3n) is 5.46. The van der Waals surface area contributed by atoms with Crippen LogP contribution in [0.3, 0.4) is 0 Å². The molecule has 2 aromatic rings. The van der Waals surface area contributed by atoms with E-state index in [1.807, 2.05) is 19.0 Å². The fourth-order valence-electron chi connectivity index (χ4n) is 3.57. The fraction of sp³-hybridized carbons (Fsp3) is 0.522. The minimum atomic E-state index is 0.00196. The molecule has 0 unspecified atom stereocenters. The van der Waals surface area contributed by atoms with Crippen LogP contribution in [0.4, 0.5) is 11.8 Å². The molecule has 0 aliphatic carbocycles. The summed E-state index contributed by atoms with van der Waals surface area (Å²) in [7, 11) is 4.05. The average molecular weight is 411 g/mol. The van der Waals surface area contributed by atoms with E-state index in [4.69, 9.17) is 4.98 Å². The van der Waals surface area contributed by atoms with Crippen molar-refractivity contribution in [2.75, 3.05) is 50.9 Å². The van der Waals surface area contributed by atoms with E-state index < -0.39 is 0 Å². The standard InChI is InChI=1S/C23H34N6O/c1-6-12-29-15-19-20(22(29)30)26-23(25-11-13-28(4)5)27-21(19)24-10-9-18-8-7-16(2)17(3)14-18/h7-8,14H,6,9-13,15H2,1-5H3,(H2,24,25,26,27). The Hall–Kier alpha value is -2.67. The molecule has 0 saturated carbocycles. The summed E-state index contributed by atoms with van der Waals surface area (Å²) in [5, 5.41) is 6.73. The Balaban J connectivity index is 1.75. The molecule has 30 heavy (non-hydrogen) atoms. The quantitative estimate of drug-likeness (QED) is 0.627. The number of nitrogens with one attached hydrogen (secondary N) is 2. The van der Waals surface area contributed by atoms with Crippen LogP contribution in [0.1, 0.15) is 46.1 Å². The average Bonchev–Trinajstić information content (AvgIpc) is 3.01. The first-order chi connectivity index (χ1) is 14.4. The van der Waals surface area contributed by atoms with Crippen molar-refractivity contribution < 1.29 is 4.79 Å². The van der Waals surface area contributed by atoms with Gasteiger partial charge in [0.05, 0.1) is 6.54 Å². The minimum Gasteiger partial charge on any atom is -0.369 e. The summed E-state index contributed by atoms with van der Waals surface area (Å²) in [4.78, 5) is 26.0. The highest BCUT2D eigenvalue weighted by Gasteiger charge is 2.32. The number of likely N-dealkylation sites (N-methyl/N-ethyl adjacent to an activating group) is 1. The maximum Gasteiger partial charge on any atom is 0.273 e. The first-order valence-electron chi connectivity index (χ1n) is 10.8. The molecule has 7 heteroatoms. The van der Waals surface area contributed by atoms with Crippen LogP contribution in [0.15, 0.2) is 18.2 Å². The summed E-state index contributed by atoms with van der Waals surface area (Å²) in [5.74, 6) is 1.28. The van der Waals surface area contributed by atoms with E-state index in [0.717, 1.165) is 50.4 Å². The van der Waals surface area contributed by atoms with Gasteiger partial charge in [0, 0.05) is 31.7 Å². The van der Waals surface area contributed by atoms with Crippen molar-refractivity contribution >= 4 is 17.7 Å². The second-order valence-electron chi connectivity index (χ2n) is 8.28. The van der Waals surface area contributed by atoms with Crippen molar-refractivity contribution in [2.45, 2.75) is 40.2 Å². The van der Waals surface area contributed by atoms with Gasteiger partial charge in [-0.25, -0.2) is 4.98 Å². The molecule has 1 amide bonds. The summed E-state index contributed by atoms with van der Waals surface area (Å²) in [6.07, 6.45) is 1.83. The lowest BCUT2D eigenvalue weighted by Crippen LogP contribution is -2.25. The van der Waals surface area contributed by atoms with Gasteiger partial charge in [-0.3, -0.25) is 4.79 Å². The van der Waals surface area contributed by atoms with E-state index in [1.165, 1.54) is 16.7 Å². The van der Waals surface area contributed by atoms with Crippen LogP contribution in [0, 0.1) is 13.8 Å². The van der Waals surface area contributed by atoms with Crippen molar-refractivity contribution in [2.24, 2.45) is 0 Å². The first-order valence-corrected chi connectivity index (χ1v) is 10.8. The number of amides is 1. The van der Waals surface area contributed by atoms with Crippen LogP contribution in [-0.2, 0) is 13.0 Å². The molecule has 2 N–H and O–H groups in total. The molecule has 1 aliphatic heterocycles. The monoisotopic (exact) mass is 410 g/mol. The molecule has 0 saturated heterocycles. The Kier molecular flexibility index (Phi) is 7.26. The number of aromatic nitrogens is 2. The molecular weight excluding hydrogens is 376 g/mol. The molecule has 7 nitrogen and oxygen atoms in total. The molecule has 1 aromatic carbocycles. The van der Waals surface area contributed by atoms with Gasteiger partial charge >= 0.3 is 0 Å². The fourth-order valence-corrected chi connectivity index (χ4v) is 3.57. The van der Waals surface area contributed by atoms with Crippen molar-refractivity contribution in [3.8, 4) is 0 Å². The van der Waals surface area contributed by atoms with E-state index in [2.05, 4.69) is 59.5 Å². The summed E-state index contributed by atoms with van der Waals surface area (Å²) in [5.41, 5.74) is 5.35. The van der Waals surface area contributed by atoms with Crippen molar-refractivity contribution in [3.63, 3.8) is 0 Å². The number of carbonyl (C=O) groups excluding carboxylic acids is 1. The van der Waals surface area contributed by atoms with Gasteiger partial charge in [-0.05, 0) is 57.5 Å². The van der Waals surface area contributed by atoms with E-state index >= 15 is 0 Å². The Labute approximate surface area is 179 Å². The van der Waals surface area contributed by atoms with Gasteiger partial charge in [-0.1, -0.05) is 25.1 Å². The number of aryl methyl sites for hydroxylation is 2. The van der Waals surface area contributed by atoms with Crippen LogP contribution >= 0.6 is 0 Å². The SMILES string of the molecule is CCCN1Cc2c(NCCc3ccc(C)c(C)c3)nc(NCCN(C)C)nc2C1=O. The van der Waals surface area contributed by atoms with Gasteiger partial charge in [0.15, 0.2) is 0 Å². The number of nitrogens with zero attached hydrogens (tertiary/aromatic N) is 4. The van der Waals surface area contributed by atoms with Crippen LogP contribution in [0.5, 0.6) is 0 Å². The Morgan fingerprint density at radius 1 is 1.10 bits per heavy atom. The van der Waals surface area contributed by atoms with E-state index in [-0.39, 0.29) is 5.91 Å². The lowest BCUT2D eigenvalue weighted by molar-refractivity contribution is 0.0774. The van der Waals surface area contributed by atoms with Gasteiger partial charge in [-0.2, -0.15) is 4.98 Å². The van der Waals surface area contributed by atoms with Crippen LogP contribution < -0.4 is 10.6 Å². The van der Waals surface area contributed by atoms with Gasteiger partial charge in [0.25, 0.3) is 5.91 Å². The predicted molar refractivity (Wildman–Crippen MR) is 122 cm³/mol. The maximum absolute atomic E-state index is 12.8. The Bertz CT molecular complexity index is 896. The summed E-state index contributed by atoms with van der Waals surface area (Å²) in [6.45, 7) is 10.0. The molecule has 0 radical (unpaired) electrons. The van der Waals surface area contributed by atoms with Crippen molar-refractivity contribution in [1.29, 1.82) is 0 Å². The van der Waals surface area contributed by atoms with Gasteiger partial charge in [0.2, 0.25) is 5.95 Å². The highest BCUT2D eigenvalue weighted by Crippen LogP contribution is 2.28. The molecule has 1 aliphatic rings. The molecule has 1 aromatic heterocycles. The summed E-state index contributed by atoms with van der Waals surface area (Å²) >= 11 is 0. The lowest BCUT2D eigenvalue weighted by atomic mass is 10.0. The molecule has 3 rings (SSSR count). The van der Waals surface area contributed by atoms with Crippen molar-refractivity contribution in [1.82, 2.24) is 19.8 Å².